The summed E-state index contributed by atoms with van der Waals surface area (Å²) in [4.78, 5) is 0. The van der Waals surface area contributed by atoms with E-state index in [1.807, 2.05) is 30.5 Å². The van der Waals surface area contributed by atoms with Crippen LogP contribution in [0.2, 0.25) is 0 Å². The van der Waals surface area contributed by atoms with Crippen LogP contribution in [0.25, 0.3) is 0 Å². The highest BCUT2D eigenvalue weighted by Crippen LogP contribution is 2.18. The van der Waals surface area contributed by atoms with Gasteiger partial charge in [0.1, 0.15) is 11.7 Å². The van der Waals surface area contributed by atoms with Crippen molar-refractivity contribution in [3.63, 3.8) is 0 Å². The van der Waals surface area contributed by atoms with Gasteiger partial charge < -0.3 is 4.74 Å². The van der Waals surface area contributed by atoms with Gasteiger partial charge in [-0.15, -0.1) is 11.8 Å². The van der Waals surface area contributed by atoms with Crippen LogP contribution in [-0.2, 0) is 0 Å². The molecular weight excluding hydrogens is 224 g/mol. The summed E-state index contributed by atoms with van der Waals surface area (Å²) in [6, 6.07) is 7.84. The molecule has 0 saturated carbocycles. The molecule has 0 amide bonds. The molecule has 0 unspecified atom stereocenters. The van der Waals surface area contributed by atoms with E-state index in [0.717, 1.165) is 10.2 Å². The normalized spacial score (nSPS) is 9.64. The standard InChI is InChI=1S/C8H9BrOS/c1-11-6-10-8-4-2-3-7(9)5-8/h2-5H,6H2,1H3. The number of hydrogen-bond acceptors (Lipinski definition) is 2. The van der Waals surface area contributed by atoms with Crippen molar-refractivity contribution in [2.45, 2.75) is 0 Å². The first kappa shape index (κ1) is 8.94. The number of benzene rings is 1. The molecule has 0 saturated heterocycles. The first-order valence-corrected chi connectivity index (χ1v) is 5.39. The molecule has 1 aromatic rings. The Balaban J connectivity index is 2.56. The molecule has 11 heavy (non-hydrogen) atoms. The highest BCUT2D eigenvalue weighted by molar-refractivity contribution is 9.10. The summed E-state index contributed by atoms with van der Waals surface area (Å²) in [5, 5.41) is 0. The molecular formula is C8H9BrOS. The SMILES string of the molecule is CSCOc1cccc(Br)c1. The van der Waals surface area contributed by atoms with Gasteiger partial charge in [-0.2, -0.15) is 0 Å². The first-order chi connectivity index (χ1) is 5.33. The van der Waals surface area contributed by atoms with Gasteiger partial charge in [0, 0.05) is 4.47 Å². The Hall–Kier alpha value is -0.150. The van der Waals surface area contributed by atoms with Crippen molar-refractivity contribution in [2.75, 3.05) is 12.2 Å². The third-order valence-electron chi connectivity index (χ3n) is 1.14. The largest absolute Gasteiger partial charge is 0.483 e. The Morgan fingerprint density at radius 2 is 2.36 bits per heavy atom. The van der Waals surface area contributed by atoms with E-state index in [4.69, 9.17) is 4.74 Å². The van der Waals surface area contributed by atoms with E-state index in [1.165, 1.54) is 0 Å². The summed E-state index contributed by atoms with van der Waals surface area (Å²) in [5.41, 5.74) is 0. The summed E-state index contributed by atoms with van der Waals surface area (Å²) >= 11 is 5.03. The predicted molar refractivity (Wildman–Crippen MR) is 53.2 cm³/mol. The Morgan fingerprint density at radius 3 is 3.00 bits per heavy atom. The van der Waals surface area contributed by atoms with E-state index in [1.54, 1.807) is 11.8 Å². The van der Waals surface area contributed by atoms with Gasteiger partial charge in [0.05, 0.1) is 0 Å². The minimum Gasteiger partial charge on any atom is -0.483 e. The van der Waals surface area contributed by atoms with Gasteiger partial charge in [-0.3, -0.25) is 0 Å². The second kappa shape index (κ2) is 4.67. The van der Waals surface area contributed by atoms with Crippen LogP contribution in [0.1, 0.15) is 0 Å². The van der Waals surface area contributed by atoms with E-state index >= 15 is 0 Å². The van der Waals surface area contributed by atoms with Crippen molar-refractivity contribution in [1.29, 1.82) is 0 Å². The number of ether oxygens (including phenoxy) is 1. The van der Waals surface area contributed by atoms with Crippen LogP contribution in [0.4, 0.5) is 0 Å². The zero-order valence-corrected chi connectivity index (χ0v) is 8.61. The number of halogens is 1. The molecule has 0 N–H and O–H groups in total. The molecule has 0 atom stereocenters. The summed E-state index contributed by atoms with van der Waals surface area (Å²) < 4.78 is 6.42. The fourth-order valence-corrected chi connectivity index (χ4v) is 1.32. The van der Waals surface area contributed by atoms with E-state index in [0.29, 0.717) is 5.94 Å². The number of hydrogen-bond donors (Lipinski definition) is 0. The predicted octanol–water partition coefficient (Wildman–Crippen LogP) is 3.15. The van der Waals surface area contributed by atoms with Crippen molar-refractivity contribution in [3.05, 3.63) is 28.7 Å². The van der Waals surface area contributed by atoms with Crippen molar-refractivity contribution in [2.24, 2.45) is 0 Å². The fourth-order valence-electron chi connectivity index (χ4n) is 0.684. The van der Waals surface area contributed by atoms with Gasteiger partial charge in [0.15, 0.2) is 0 Å². The lowest BCUT2D eigenvalue weighted by atomic mass is 10.3. The minimum absolute atomic E-state index is 0.705. The molecule has 0 heterocycles. The first-order valence-electron chi connectivity index (χ1n) is 3.20. The topological polar surface area (TPSA) is 9.23 Å². The van der Waals surface area contributed by atoms with Crippen molar-refractivity contribution < 1.29 is 4.74 Å². The van der Waals surface area contributed by atoms with Gasteiger partial charge in [-0.1, -0.05) is 22.0 Å². The van der Waals surface area contributed by atoms with E-state index in [2.05, 4.69) is 15.9 Å². The Bertz CT molecular complexity index is 227. The van der Waals surface area contributed by atoms with Crippen LogP contribution in [0.3, 0.4) is 0 Å². The Morgan fingerprint density at radius 1 is 1.55 bits per heavy atom. The minimum atomic E-state index is 0.705. The summed E-state index contributed by atoms with van der Waals surface area (Å²) in [6.45, 7) is 0. The molecule has 0 spiro atoms. The number of rotatable bonds is 3. The molecule has 1 rings (SSSR count). The van der Waals surface area contributed by atoms with E-state index < -0.39 is 0 Å². The summed E-state index contributed by atoms with van der Waals surface area (Å²) in [5.74, 6) is 1.62. The second-order valence-electron chi connectivity index (χ2n) is 2.01. The Labute approximate surface area is 79.3 Å². The third kappa shape index (κ3) is 3.16. The summed E-state index contributed by atoms with van der Waals surface area (Å²) in [7, 11) is 0. The third-order valence-corrected chi connectivity index (χ3v) is 1.99. The quantitative estimate of drug-likeness (QED) is 0.741. The van der Waals surface area contributed by atoms with Crippen LogP contribution >= 0.6 is 27.7 Å². The smallest absolute Gasteiger partial charge is 0.133 e. The van der Waals surface area contributed by atoms with Crippen LogP contribution < -0.4 is 4.74 Å². The lowest BCUT2D eigenvalue weighted by molar-refractivity contribution is 0.393. The van der Waals surface area contributed by atoms with Gasteiger partial charge in [0.25, 0.3) is 0 Å². The van der Waals surface area contributed by atoms with Crippen molar-refractivity contribution in [1.82, 2.24) is 0 Å². The fraction of sp³-hybridized carbons (Fsp3) is 0.250. The molecule has 0 bridgehead atoms. The highest BCUT2D eigenvalue weighted by atomic mass is 79.9. The lowest BCUT2D eigenvalue weighted by Gasteiger charge is -2.02. The Kier molecular flexibility index (Phi) is 3.80. The molecule has 60 valence electrons. The lowest BCUT2D eigenvalue weighted by Crippen LogP contribution is -1.90. The molecule has 0 fully saturated rings. The van der Waals surface area contributed by atoms with Gasteiger partial charge in [0.2, 0.25) is 0 Å². The monoisotopic (exact) mass is 232 g/mol. The zero-order chi connectivity index (χ0) is 8.10. The highest BCUT2D eigenvalue weighted by Gasteiger charge is 1.91. The molecule has 3 heteroatoms. The van der Waals surface area contributed by atoms with Crippen LogP contribution in [0.5, 0.6) is 5.75 Å². The molecule has 0 aliphatic rings. The zero-order valence-electron chi connectivity index (χ0n) is 6.21. The maximum atomic E-state index is 5.37. The van der Waals surface area contributed by atoms with E-state index in [-0.39, 0.29) is 0 Å². The van der Waals surface area contributed by atoms with Gasteiger partial charge >= 0.3 is 0 Å². The van der Waals surface area contributed by atoms with Crippen molar-refractivity contribution >= 4 is 27.7 Å². The van der Waals surface area contributed by atoms with Gasteiger partial charge in [-0.05, 0) is 24.5 Å². The average molecular weight is 233 g/mol. The van der Waals surface area contributed by atoms with Crippen molar-refractivity contribution in [3.8, 4) is 5.75 Å². The average Bonchev–Trinajstić information content (AvgIpc) is 2.01. The molecule has 0 aliphatic heterocycles. The molecule has 0 radical (unpaired) electrons. The second-order valence-corrected chi connectivity index (χ2v) is 3.74. The van der Waals surface area contributed by atoms with Gasteiger partial charge in [-0.25, -0.2) is 0 Å². The molecule has 1 nitrogen and oxygen atoms in total. The van der Waals surface area contributed by atoms with Crippen LogP contribution in [-0.4, -0.2) is 12.2 Å². The van der Waals surface area contributed by atoms with E-state index in [9.17, 15) is 0 Å². The number of thioether (sulfide) groups is 1. The molecule has 0 aliphatic carbocycles. The van der Waals surface area contributed by atoms with Crippen LogP contribution in [0, 0.1) is 0 Å². The summed E-state index contributed by atoms with van der Waals surface area (Å²) in [6.07, 6.45) is 2.01. The maximum Gasteiger partial charge on any atom is 0.133 e. The molecule has 0 aromatic heterocycles. The van der Waals surface area contributed by atoms with Crippen LogP contribution in [0.15, 0.2) is 28.7 Å². The molecule has 1 aromatic carbocycles. The maximum absolute atomic E-state index is 5.37.